The molecular weight excluding hydrogens is 403 g/mol. The van der Waals surface area contributed by atoms with Gasteiger partial charge in [0.1, 0.15) is 0 Å². The van der Waals surface area contributed by atoms with Crippen molar-refractivity contribution in [3.63, 3.8) is 0 Å². The fourth-order valence-corrected chi connectivity index (χ4v) is 5.83. The van der Waals surface area contributed by atoms with Gasteiger partial charge in [-0.05, 0) is 23.3 Å². The minimum absolute atomic E-state index is 0.146. The van der Waals surface area contributed by atoms with Crippen LogP contribution in [0.1, 0.15) is 22.3 Å². The summed E-state index contributed by atoms with van der Waals surface area (Å²) in [6, 6.07) is 36.7. The van der Waals surface area contributed by atoms with E-state index in [4.69, 9.17) is 4.74 Å². The van der Waals surface area contributed by atoms with Gasteiger partial charge in [-0.2, -0.15) is 0 Å². The largest absolute Gasteiger partial charge is 0.420 e. The average Bonchev–Trinajstić information content (AvgIpc) is 2.89. The van der Waals surface area contributed by atoms with Crippen LogP contribution in [-0.4, -0.2) is 16.7 Å². The Balaban J connectivity index is 1.67. The molecule has 7 rings (SSSR count). The molecule has 4 heterocycles. The average molecular weight is 422 g/mol. The lowest BCUT2D eigenvalue weighted by Crippen LogP contribution is -2.62. The number of benzene rings is 3. The van der Waals surface area contributed by atoms with Crippen LogP contribution in [0, 0.1) is 0 Å². The molecule has 0 radical (unpaired) electrons. The summed E-state index contributed by atoms with van der Waals surface area (Å²) >= 11 is 0. The zero-order valence-electron chi connectivity index (χ0n) is 17.8. The molecule has 0 fully saturated rings. The van der Waals surface area contributed by atoms with E-state index in [1.54, 1.807) is 12.4 Å². The molecule has 3 nitrogen and oxygen atoms in total. The summed E-state index contributed by atoms with van der Waals surface area (Å²) in [6.07, 6.45) is 3.57. The smallest absolute Gasteiger partial charge is 0.242 e. The summed E-state index contributed by atoms with van der Waals surface area (Å²) in [7, 11) is 0. The van der Waals surface area contributed by atoms with Gasteiger partial charge in [-0.25, -0.2) is 9.97 Å². The first-order valence-corrected chi connectivity index (χ1v) is 11.2. The summed E-state index contributed by atoms with van der Waals surface area (Å²) in [5.74, 6) is 1.23. The third-order valence-electron chi connectivity index (χ3n) is 7.03. The topological polar surface area (TPSA) is 35.0 Å². The lowest BCUT2D eigenvalue weighted by Gasteiger charge is -2.46. The number of fused-ring (bicyclic) bond motifs is 8. The van der Waals surface area contributed by atoms with Gasteiger partial charge in [-0.15, -0.1) is 0 Å². The number of hydrogen-bond acceptors (Lipinski definition) is 3. The highest BCUT2D eigenvalue weighted by molar-refractivity contribution is 6.96. The van der Waals surface area contributed by atoms with Crippen LogP contribution in [0.2, 0.25) is 0 Å². The molecule has 2 aliphatic heterocycles. The van der Waals surface area contributed by atoms with Gasteiger partial charge in [0.2, 0.25) is 18.5 Å². The first-order chi connectivity index (χ1) is 16.4. The van der Waals surface area contributed by atoms with Gasteiger partial charge in [0.25, 0.3) is 0 Å². The second-order valence-corrected chi connectivity index (χ2v) is 8.58. The van der Waals surface area contributed by atoms with Crippen molar-refractivity contribution in [2.75, 3.05) is 0 Å². The Hall–Kier alpha value is -4.18. The van der Waals surface area contributed by atoms with Gasteiger partial charge in [0.15, 0.2) is 0 Å². The molecule has 2 aliphatic rings. The standard InChI is InChI=1S/C29H19BN2O/c1-2-10-20(11-3-1)30-25-16-6-4-12-21(25)29(22-13-5-7-17-26(22)30)23-14-8-18-31-27(23)33-28-24(29)15-9-19-32-28/h1-19H. The lowest BCUT2D eigenvalue weighted by atomic mass is 9.30. The summed E-state index contributed by atoms with van der Waals surface area (Å²) in [5, 5.41) is 0. The first-order valence-electron chi connectivity index (χ1n) is 11.2. The first kappa shape index (κ1) is 18.4. The molecule has 2 aromatic heterocycles. The van der Waals surface area contributed by atoms with E-state index in [2.05, 4.69) is 101 Å². The number of hydrogen-bond donors (Lipinski definition) is 0. The van der Waals surface area contributed by atoms with E-state index in [9.17, 15) is 0 Å². The van der Waals surface area contributed by atoms with Crippen LogP contribution >= 0.6 is 0 Å². The molecule has 1 spiro atoms. The highest BCUT2D eigenvalue weighted by Crippen LogP contribution is 2.54. The maximum absolute atomic E-state index is 6.22. The summed E-state index contributed by atoms with van der Waals surface area (Å²) in [4.78, 5) is 9.26. The number of nitrogens with zero attached hydrogens (tertiary/aromatic N) is 2. The van der Waals surface area contributed by atoms with Crippen molar-refractivity contribution in [3.05, 3.63) is 138 Å². The van der Waals surface area contributed by atoms with Crippen molar-refractivity contribution in [1.29, 1.82) is 0 Å². The van der Waals surface area contributed by atoms with E-state index < -0.39 is 5.41 Å². The molecule has 4 heteroatoms. The van der Waals surface area contributed by atoms with Crippen LogP contribution in [0.15, 0.2) is 116 Å². The molecule has 3 aromatic carbocycles. The Morgan fingerprint density at radius 1 is 0.515 bits per heavy atom. The summed E-state index contributed by atoms with van der Waals surface area (Å²) < 4.78 is 6.22. The van der Waals surface area contributed by atoms with Crippen LogP contribution in [0.3, 0.4) is 0 Å². The third-order valence-corrected chi connectivity index (χ3v) is 7.03. The molecule has 0 bridgehead atoms. The molecule has 0 amide bonds. The minimum atomic E-state index is -0.552. The quantitative estimate of drug-likeness (QED) is 0.378. The Morgan fingerprint density at radius 2 is 1.00 bits per heavy atom. The van der Waals surface area contributed by atoms with Gasteiger partial charge in [0, 0.05) is 23.5 Å². The molecule has 0 aliphatic carbocycles. The van der Waals surface area contributed by atoms with Crippen LogP contribution in [0.4, 0.5) is 0 Å². The van der Waals surface area contributed by atoms with E-state index in [-0.39, 0.29) is 6.71 Å². The number of aromatic nitrogens is 2. The highest BCUT2D eigenvalue weighted by Gasteiger charge is 2.52. The second-order valence-electron chi connectivity index (χ2n) is 8.58. The molecule has 0 N–H and O–H groups in total. The predicted octanol–water partition coefficient (Wildman–Crippen LogP) is 3.79. The molecule has 5 aromatic rings. The zero-order valence-corrected chi connectivity index (χ0v) is 17.8. The lowest BCUT2D eigenvalue weighted by molar-refractivity contribution is 0.400. The van der Waals surface area contributed by atoms with Gasteiger partial charge >= 0.3 is 0 Å². The van der Waals surface area contributed by atoms with Crippen molar-refractivity contribution >= 4 is 23.1 Å². The molecule has 33 heavy (non-hydrogen) atoms. The van der Waals surface area contributed by atoms with E-state index in [1.807, 2.05) is 12.1 Å². The summed E-state index contributed by atoms with van der Waals surface area (Å²) in [5.41, 5.74) is 7.95. The SMILES string of the molecule is c1ccc(B2c3ccccc3C3(c4ccccc42)c2cccnc2Oc2ncccc23)cc1. The Bertz CT molecular complexity index is 1420. The van der Waals surface area contributed by atoms with Crippen LogP contribution < -0.4 is 21.1 Å². The van der Waals surface area contributed by atoms with Gasteiger partial charge in [-0.3, -0.25) is 0 Å². The fourth-order valence-electron chi connectivity index (χ4n) is 5.83. The van der Waals surface area contributed by atoms with Crippen LogP contribution in [-0.2, 0) is 5.41 Å². The zero-order chi connectivity index (χ0) is 21.8. The van der Waals surface area contributed by atoms with Crippen molar-refractivity contribution in [2.24, 2.45) is 0 Å². The molecule has 0 saturated carbocycles. The molecular formula is C29H19BN2O. The van der Waals surface area contributed by atoms with Crippen LogP contribution in [0.5, 0.6) is 11.8 Å². The number of ether oxygens (including phenoxy) is 1. The monoisotopic (exact) mass is 422 g/mol. The summed E-state index contributed by atoms with van der Waals surface area (Å²) in [6.45, 7) is 0.146. The fraction of sp³-hybridized carbons (Fsp3) is 0.0345. The molecule has 0 unspecified atom stereocenters. The number of rotatable bonds is 1. The second kappa shape index (κ2) is 6.91. The third kappa shape index (κ3) is 2.41. The minimum Gasteiger partial charge on any atom is -0.420 e. The predicted molar refractivity (Wildman–Crippen MR) is 132 cm³/mol. The Kier molecular flexibility index (Phi) is 3.85. The molecule has 154 valence electrons. The van der Waals surface area contributed by atoms with Gasteiger partial charge in [0.05, 0.1) is 5.41 Å². The van der Waals surface area contributed by atoms with E-state index in [1.165, 1.54) is 27.5 Å². The molecule has 0 atom stereocenters. The maximum Gasteiger partial charge on any atom is 0.242 e. The van der Waals surface area contributed by atoms with E-state index in [0.29, 0.717) is 11.8 Å². The van der Waals surface area contributed by atoms with Gasteiger partial charge in [-0.1, -0.05) is 107 Å². The Labute approximate surface area is 192 Å². The van der Waals surface area contributed by atoms with Crippen molar-refractivity contribution in [3.8, 4) is 11.8 Å². The van der Waals surface area contributed by atoms with Gasteiger partial charge < -0.3 is 4.74 Å². The van der Waals surface area contributed by atoms with Crippen LogP contribution in [0.25, 0.3) is 0 Å². The van der Waals surface area contributed by atoms with Crippen molar-refractivity contribution < 1.29 is 4.74 Å². The Morgan fingerprint density at radius 3 is 1.58 bits per heavy atom. The van der Waals surface area contributed by atoms with Crippen molar-refractivity contribution in [2.45, 2.75) is 5.41 Å². The number of pyridine rings is 2. The normalized spacial score (nSPS) is 14.5. The highest BCUT2D eigenvalue weighted by atomic mass is 16.5. The van der Waals surface area contributed by atoms with E-state index in [0.717, 1.165) is 11.1 Å². The van der Waals surface area contributed by atoms with Crippen molar-refractivity contribution in [1.82, 2.24) is 9.97 Å². The maximum atomic E-state index is 6.22. The van der Waals surface area contributed by atoms with E-state index >= 15 is 0 Å². The molecule has 0 saturated heterocycles.